The Hall–Kier alpha value is -3.22. The zero-order valence-electron chi connectivity index (χ0n) is 15.9. The van der Waals surface area contributed by atoms with Crippen molar-refractivity contribution < 1.29 is 23.3 Å². The molecule has 27 heavy (non-hydrogen) atoms. The Morgan fingerprint density at radius 1 is 0.815 bits per heavy atom. The Bertz CT molecular complexity index is 944. The van der Waals surface area contributed by atoms with Gasteiger partial charge in [0.15, 0.2) is 23.1 Å². The van der Waals surface area contributed by atoms with Crippen molar-refractivity contribution in [2.24, 2.45) is 7.05 Å². The molecule has 0 saturated carbocycles. The molecule has 0 fully saturated rings. The van der Waals surface area contributed by atoms with Crippen LogP contribution in [0.3, 0.4) is 0 Å². The van der Waals surface area contributed by atoms with Gasteiger partial charge in [0.05, 0.1) is 28.4 Å². The Labute approximate surface area is 157 Å². The first kappa shape index (κ1) is 18.6. The molecule has 0 aliphatic rings. The maximum Gasteiger partial charge on any atom is 0.203 e. The average molecular weight is 372 g/mol. The van der Waals surface area contributed by atoms with Crippen molar-refractivity contribution in [3.8, 4) is 45.4 Å². The van der Waals surface area contributed by atoms with Gasteiger partial charge in [0.2, 0.25) is 5.75 Å². The van der Waals surface area contributed by atoms with E-state index in [1.807, 2.05) is 25.4 Å². The highest BCUT2D eigenvalue weighted by Gasteiger charge is 2.19. The number of aryl methyl sites for hydroxylation is 1. The molecule has 0 unspecified atom stereocenters. The van der Waals surface area contributed by atoms with E-state index < -0.39 is 5.82 Å². The maximum atomic E-state index is 14.2. The van der Waals surface area contributed by atoms with Gasteiger partial charge in [-0.05, 0) is 29.8 Å². The van der Waals surface area contributed by atoms with Crippen molar-refractivity contribution in [1.82, 2.24) is 9.78 Å². The Kier molecular flexibility index (Phi) is 5.21. The lowest BCUT2D eigenvalue weighted by atomic mass is 10.0. The monoisotopic (exact) mass is 372 g/mol. The average Bonchev–Trinajstić information content (AvgIpc) is 3.08. The standard InChI is InChI=1S/C20H21FN2O4/c1-23-11-14(12-6-7-16(24-2)15(21)8-12)19(22-23)13-9-17(25-3)20(27-5)18(10-13)26-4/h6-11H,1-5H3. The maximum absolute atomic E-state index is 14.2. The number of hydrogen-bond acceptors (Lipinski definition) is 5. The number of benzene rings is 2. The first-order valence-electron chi connectivity index (χ1n) is 8.20. The Morgan fingerprint density at radius 2 is 1.44 bits per heavy atom. The molecule has 1 heterocycles. The van der Waals surface area contributed by atoms with E-state index in [4.69, 9.17) is 18.9 Å². The summed E-state index contributed by atoms with van der Waals surface area (Å²) in [5.74, 6) is 1.29. The van der Waals surface area contributed by atoms with Crippen molar-refractivity contribution in [2.45, 2.75) is 0 Å². The van der Waals surface area contributed by atoms with Crippen LogP contribution in [0, 0.1) is 5.82 Å². The highest BCUT2D eigenvalue weighted by Crippen LogP contribution is 2.43. The van der Waals surface area contributed by atoms with Gasteiger partial charge in [0, 0.05) is 24.4 Å². The molecule has 0 spiro atoms. The number of rotatable bonds is 6. The fourth-order valence-corrected chi connectivity index (χ4v) is 2.96. The topological polar surface area (TPSA) is 54.7 Å². The zero-order chi connectivity index (χ0) is 19.6. The minimum absolute atomic E-state index is 0.192. The molecule has 0 amide bonds. The third-order valence-corrected chi connectivity index (χ3v) is 4.23. The van der Waals surface area contributed by atoms with E-state index in [2.05, 4.69) is 5.10 Å². The zero-order valence-corrected chi connectivity index (χ0v) is 15.9. The van der Waals surface area contributed by atoms with E-state index in [-0.39, 0.29) is 5.75 Å². The molecule has 0 radical (unpaired) electrons. The summed E-state index contributed by atoms with van der Waals surface area (Å²) in [6.45, 7) is 0. The van der Waals surface area contributed by atoms with Crippen molar-refractivity contribution in [3.05, 3.63) is 42.3 Å². The highest BCUT2D eigenvalue weighted by molar-refractivity contribution is 5.82. The highest BCUT2D eigenvalue weighted by atomic mass is 19.1. The lowest BCUT2D eigenvalue weighted by Crippen LogP contribution is -1.96. The van der Waals surface area contributed by atoms with Gasteiger partial charge in [-0.1, -0.05) is 6.07 Å². The number of ether oxygens (including phenoxy) is 4. The van der Waals surface area contributed by atoms with Crippen LogP contribution in [0.4, 0.5) is 4.39 Å². The summed E-state index contributed by atoms with van der Waals surface area (Å²) in [5.41, 5.74) is 2.89. The molecule has 3 rings (SSSR count). The van der Waals surface area contributed by atoms with E-state index in [1.54, 1.807) is 38.1 Å². The minimum atomic E-state index is -0.435. The number of methoxy groups -OCH3 is 4. The first-order valence-corrected chi connectivity index (χ1v) is 8.20. The summed E-state index contributed by atoms with van der Waals surface area (Å²) in [7, 11) is 7.90. The molecule has 3 aromatic rings. The Morgan fingerprint density at radius 3 is 1.96 bits per heavy atom. The molecule has 0 bridgehead atoms. The van der Waals surface area contributed by atoms with E-state index in [1.165, 1.54) is 13.2 Å². The van der Waals surface area contributed by atoms with E-state index in [0.29, 0.717) is 28.5 Å². The smallest absolute Gasteiger partial charge is 0.203 e. The largest absolute Gasteiger partial charge is 0.494 e. The van der Waals surface area contributed by atoms with Crippen LogP contribution in [0.1, 0.15) is 0 Å². The lowest BCUT2D eigenvalue weighted by molar-refractivity contribution is 0.324. The van der Waals surface area contributed by atoms with Gasteiger partial charge in [0.25, 0.3) is 0 Å². The number of hydrogen-bond donors (Lipinski definition) is 0. The van der Waals surface area contributed by atoms with Crippen LogP contribution in [-0.2, 0) is 7.05 Å². The lowest BCUT2D eigenvalue weighted by Gasteiger charge is -2.14. The van der Waals surface area contributed by atoms with Crippen LogP contribution < -0.4 is 18.9 Å². The fourth-order valence-electron chi connectivity index (χ4n) is 2.96. The number of nitrogens with zero attached hydrogens (tertiary/aromatic N) is 2. The first-order chi connectivity index (χ1) is 13.0. The second kappa shape index (κ2) is 7.57. The third kappa shape index (κ3) is 3.40. The molecule has 2 aromatic carbocycles. The van der Waals surface area contributed by atoms with Gasteiger partial charge in [0.1, 0.15) is 5.69 Å². The van der Waals surface area contributed by atoms with Crippen LogP contribution in [0.15, 0.2) is 36.5 Å². The van der Waals surface area contributed by atoms with Crippen LogP contribution in [-0.4, -0.2) is 38.2 Å². The molecule has 7 heteroatoms. The molecule has 6 nitrogen and oxygen atoms in total. The number of halogens is 1. The van der Waals surface area contributed by atoms with Crippen molar-refractivity contribution >= 4 is 0 Å². The quantitative estimate of drug-likeness (QED) is 0.656. The van der Waals surface area contributed by atoms with Crippen LogP contribution in [0.5, 0.6) is 23.0 Å². The van der Waals surface area contributed by atoms with Crippen LogP contribution in [0.2, 0.25) is 0 Å². The normalized spacial score (nSPS) is 10.6. The molecule has 1 aromatic heterocycles. The van der Waals surface area contributed by atoms with Crippen molar-refractivity contribution in [2.75, 3.05) is 28.4 Å². The summed E-state index contributed by atoms with van der Waals surface area (Å²) >= 11 is 0. The predicted molar refractivity (Wildman–Crippen MR) is 100 cm³/mol. The summed E-state index contributed by atoms with van der Waals surface area (Å²) in [6.07, 6.45) is 1.83. The molecule has 0 aliphatic heterocycles. The van der Waals surface area contributed by atoms with Crippen molar-refractivity contribution in [3.63, 3.8) is 0 Å². The van der Waals surface area contributed by atoms with Gasteiger partial charge >= 0.3 is 0 Å². The summed E-state index contributed by atoms with van der Waals surface area (Å²) in [6, 6.07) is 8.44. The molecule has 0 atom stereocenters. The predicted octanol–water partition coefficient (Wildman–Crippen LogP) is 3.93. The summed E-state index contributed by atoms with van der Waals surface area (Å²) in [5, 5.41) is 4.55. The van der Waals surface area contributed by atoms with Crippen LogP contribution in [0.25, 0.3) is 22.4 Å². The molecule has 142 valence electrons. The second-order valence-electron chi connectivity index (χ2n) is 5.83. The van der Waals surface area contributed by atoms with Gasteiger partial charge in [-0.3, -0.25) is 4.68 Å². The summed E-state index contributed by atoms with van der Waals surface area (Å²) in [4.78, 5) is 0. The molecule has 0 N–H and O–H groups in total. The van der Waals surface area contributed by atoms with Crippen molar-refractivity contribution in [1.29, 1.82) is 0 Å². The molecule has 0 aliphatic carbocycles. The Balaban J connectivity index is 2.18. The van der Waals surface area contributed by atoms with E-state index in [0.717, 1.165) is 11.1 Å². The van der Waals surface area contributed by atoms with Gasteiger partial charge in [-0.15, -0.1) is 0 Å². The van der Waals surface area contributed by atoms with E-state index >= 15 is 0 Å². The van der Waals surface area contributed by atoms with Crippen LogP contribution >= 0.6 is 0 Å². The SMILES string of the molecule is COc1ccc(-c2cn(C)nc2-c2cc(OC)c(OC)c(OC)c2)cc1F. The van der Waals surface area contributed by atoms with Gasteiger partial charge in [-0.25, -0.2) is 4.39 Å². The van der Waals surface area contributed by atoms with E-state index in [9.17, 15) is 4.39 Å². The van der Waals surface area contributed by atoms with Gasteiger partial charge in [-0.2, -0.15) is 5.10 Å². The fraction of sp³-hybridized carbons (Fsp3) is 0.250. The molecular weight excluding hydrogens is 351 g/mol. The molecule has 0 saturated heterocycles. The number of aromatic nitrogens is 2. The van der Waals surface area contributed by atoms with Gasteiger partial charge < -0.3 is 18.9 Å². The summed E-state index contributed by atoms with van der Waals surface area (Å²) < 4.78 is 37.1. The second-order valence-corrected chi connectivity index (χ2v) is 5.83. The third-order valence-electron chi connectivity index (χ3n) is 4.23. The minimum Gasteiger partial charge on any atom is -0.494 e. The molecular formula is C20H21FN2O4.